The molecule has 184 valence electrons. The zero-order valence-electron chi connectivity index (χ0n) is 18.2. The predicted octanol–water partition coefficient (Wildman–Crippen LogP) is 5.61. The molecule has 0 radical (unpaired) electrons. The summed E-state index contributed by atoms with van der Waals surface area (Å²) < 4.78 is 128. The Labute approximate surface area is 198 Å². The third-order valence-electron chi connectivity index (χ3n) is 6.11. The van der Waals surface area contributed by atoms with E-state index in [4.69, 9.17) is 0 Å². The second kappa shape index (κ2) is 9.31. The molecule has 0 bridgehead atoms. The summed E-state index contributed by atoms with van der Waals surface area (Å²) in [4.78, 5) is 0. The van der Waals surface area contributed by atoms with Gasteiger partial charge in [-0.1, -0.05) is 0 Å². The van der Waals surface area contributed by atoms with Gasteiger partial charge in [0.2, 0.25) is 0 Å². The van der Waals surface area contributed by atoms with Gasteiger partial charge in [0.1, 0.15) is 0 Å². The van der Waals surface area contributed by atoms with Gasteiger partial charge in [0.05, 0.1) is 0 Å². The summed E-state index contributed by atoms with van der Waals surface area (Å²) in [7, 11) is 1.55. The van der Waals surface area contributed by atoms with E-state index in [2.05, 4.69) is 9.47 Å². The van der Waals surface area contributed by atoms with E-state index in [1.54, 1.807) is 0 Å². The first kappa shape index (κ1) is 25.3. The van der Waals surface area contributed by atoms with E-state index in [1.165, 1.54) is 36.5 Å². The van der Waals surface area contributed by atoms with Gasteiger partial charge < -0.3 is 0 Å². The van der Waals surface area contributed by atoms with E-state index < -0.39 is 82.4 Å². The van der Waals surface area contributed by atoms with Gasteiger partial charge in [0.25, 0.3) is 0 Å². The Hall–Kier alpha value is -2.85. The quantitative estimate of drug-likeness (QED) is 0.272. The molecule has 0 amide bonds. The average molecular weight is 536 g/mol. The van der Waals surface area contributed by atoms with Crippen LogP contribution in [0.3, 0.4) is 0 Å². The number of allylic oxidation sites excluding steroid dienone is 8. The zero-order valence-corrected chi connectivity index (χ0v) is 19.8. The van der Waals surface area contributed by atoms with Crippen LogP contribution in [0.2, 0.25) is 0 Å². The molecule has 0 fully saturated rings. The average Bonchev–Trinajstić information content (AvgIpc) is 3.57. The van der Waals surface area contributed by atoms with Crippen LogP contribution < -0.4 is 17.2 Å². The topological polar surface area (TPSA) is 18.5 Å². The first-order valence-corrected chi connectivity index (χ1v) is 13.3. The van der Waals surface area contributed by atoms with E-state index in [-0.39, 0.29) is 20.6 Å². The van der Waals surface area contributed by atoms with Crippen LogP contribution in [-0.4, -0.2) is 14.2 Å². The van der Waals surface area contributed by atoms with E-state index in [0.717, 1.165) is 14.2 Å². The molecule has 2 aliphatic carbocycles. The molecular formula is C24H16F8O2Ti. The first-order valence-electron chi connectivity index (χ1n) is 10.2. The van der Waals surface area contributed by atoms with Crippen LogP contribution >= 0.6 is 0 Å². The molecule has 0 atom stereocenters. The Morgan fingerprint density at radius 3 is 1.09 bits per heavy atom. The second-order valence-electron chi connectivity index (χ2n) is 7.73. The third-order valence-corrected chi connectivity index (χ3v) is 14.0. The monoisotopic (exact) mass is 536 g/mol. The maximum absolute atomic E-state index is 15.6. The van der Waals surface area contributed by atoms with E-state index >= 15 is 17.6 Å². The van der Waals surface area contributed by atoms with Gasteiger partial charge in [0.15, 0.2) is 0 Å². The van der Waals surface area contributed by atoms with Crippen LogP contribution in [0.15, 0.2) is 44.2 Å². The van der Waals surface area contributed by atoms with Crippen molar-refractivity contribution in [3.8, 4) is 11.5 Å². The normalized spacial score (nSPS) is 15.0. The summed E-state index contributed by atoms with van der Waals surface area (Å²) >= 11 is -5.80. The van der Waals surface area contributed by atoms with Crippen LogP contribution in [0.5, 0.6) is 11.5 Å². The summed E-state index contributed by atoms with van der Waals surface area (Å²) in [5, 5.41) is 0. The van der Waals surface area contributed by atoms with Crippen molar-refractivity contribution in [3.05, 3.63) is 90.7 Å². The molecule has 4 rings (SSSR count). The van der Waals surface area contributed by atoms with Gasteiger partial charge >= 0.3 is 198 Å². The van der Waals surface area contributed by atoms with Crippen molar-refractivity contribution in [3.63, 3.8) is 0 Å². The summed E-state index contributed by atoms with van der Waals surface area (Å²) in [6, 6.07) is 0. The third kappa shape index (κ3) is 3.49. The van der Waals surface area contributed by atoms with Crippen LogP contribution in [0.25, 0.3) is 0 Å². The van der Waals surface area contributed by atoms with Crippen molar-refractivity contribution in [2.45, 2.75) is 12.8 Å². The number of halogens is 8. The fourth-order valence-corrected chi connectivity index (χ4v) is 12.9. The molecule has 35 heavy (non-hydrogen) atoms. The molecule has 2 aliphatic rings. The predicted molar refractivity (Wildman–Crippen MR) is 109 cm³/mol. The minimum absolute atomic E-state index is 0.00323. The Bertz CT molecular complexity index is 1200. The van der Waals surface area contributed by atoms with Gasteiger partial charge in [-0.25, -0.2) is 0 Å². The van der Waals surface area contributed by atoms with E-state index in [0.29, 0.717) is 0 Å². The van der Waals surface area contributed by atoms with E-state index in [9.17, 15) is 17.6 Å². The van der Waals surface area contributed by atoms with Gasteiger partial charge in [-0.05, 0) is 0 Å². The van der Waals surface area contributed by atoms with Crippen LogP contribution in [0.4, 0.5) is 35.1 Å². The Kier molecular flexibility index (Phi) is 6.72. The van der Waals surface area contributed by atoms with Crippen LogP contribution in [0, 0.1) is 46.5 Å². The van der Waals surface area contributed by atoms with Gasteiger partial charge in [0, 0.05) is 0 Å². The molecule has 0 aromatic heterocycles. The summed E-state index contributed by atoms with van der Waals surface area (Å²) in [5.74, 6) is -18.4. The summed E-state index contributed by atoms with van der Waals surface area (Å²) in [5.41, 5.74) is 0. The molecule has 2 nitrogen and oxygen atoms in total. The van der Waals surface area contributed by atoms with Gasteiger partial charge in [-0.2, -0.15) is 0 Å². The number of methoxy groups -OCH3 is 2. The second-order valence-corrected chi connectivity index (χ2v) is 13.6. The first-order chi connectivity index (χ1) is 16.6. The molecule has 0 saturated heterocycles. The van der Waals surface area contributed by atoms with Crippen molar-refractivity contribution >= 4 is 7.74 Å². The number of benzene rings is 2. The Morgan fingerprint density at radius 1 is 0.543 bits per heavy atom. The molecule has 0 N–H and O–H groups in total. The summed E-state index contributed by atoms with van der Waals surface area (Å²) in [6.07, 6.45) is 8.12. The van der Waals surface area contributed by atoms with E-state index in [1.807, 2.05) is 0 Å². The van der Waals surface area contributed by atoms with Gasteiger partial charge in [-0.3, -0.25) is 0 Å². The summed E-state index contributed by atoms with van der Waals surface area (Å²) in [6.45, 7) is 0. The van der Waals surface area contributed by atoms with Gasteiger partial charge in [-0.15, -0.1) is 0 Å². The Morgan fingerprint density at radius 2 is 0.857 bits per heavy atom. The fourth-order valence-electron chi connectivity index (χ4n) is 4.66. The fraction of sp³-hybridized carbons (Fsp3) is 0.167. The molecule has 2 aromatic rings. The van der Waals surface area contributed by atoms with Crippen LogP contribution in [-0.2, 0) is 16.6 Å². The van der Waals surface area contributed by atoms with Crippen molar-refractivity contribution in [2.24, 2.45) is 0 Å². The number of ether oxygens (including phenoxy) is 2. The molecular weight excluding hydrogens is 520 g/mol. The zero-order chi connectivity index (χ0) is 25.7. The van der Waals surface area contributed by atoms with Crippen molar-refractivity contribution in [1.29, 1.82) is 0 Å². The molecule has 0 aliphatic heterocycles. The van der Waals surface area contributed by atoms with Crippen molar-refractivity contribution in [1.82, 2.24) is 0 Å². The molecule has 11 heteroatoms. The number of rotatable bonds is 6. The maximum atomic E-state index is 15.6. The van der Waals surface area contributed by atoms with Crippen LogP contribution in [0.1, 0.15) is 12.8 Å². The molecule has 0 saturated carbocycles. The number of hydrogen-bond donors (Lipinski definition) is 0. The molecule has 0 spiro atoms. The molecule has 0 unspecified atom stereocenters. The standard InChI is InChI=1S/2C7H3F4O.2C5H5.Ti/c2*1-12-7-5(10)3(8)2-4(9)6(7)11;2*1-2-4-5-3-1;/h2*1H3;2*1-3H,4H2;. The SMILES string of the molecule is COc1c(F)c(F)[c]([Ti]([C]2=CC=CC2)([C]2=CC=CC2)[c]2c(F)c(F)c(OC)c(F)c2F)c(F)c1F. The number of hydrogen-bond acceptors (Lipinski definition) is 2. The van der Waals surface area contributed by atoms with Crippen molar-refractivity contribution in [2.75, 3.05) is 14.2 Å². The Balaban J connectivity index is 2.29. The molecule has 0 heterocycles. The molecule has 2 aromatic carbocycles. The minimum atomic E-state index is -5.80. The van der Waals surface area contributed by atoms with Crippen molar-refractivity contribution < 1.29 is 61.2 Å².